The van der Waals surface area contributed by atoms with Crippen LogP contribution >= 0.6 is 0 Å². The molecule has 0 saturated carbocycles. The van der Waals surface area contributed by atoms with Gasteiger partial charge in [0.25, 0.3) is 11.8 Å². The first kappa shape index (κ1) is 26.4. The van der Waals surface area contributed by atoms with Crippen LogP contribution < -0.4 is 14.9 Å². The molecule has 2 amide bonds. The van der Waals surface area contributed by atoms with Gasteiger partial charge in [-0.05, 0) is 18.4 Å². The van der Waals surface area contributed by atoms with Crippen LogP contribution in [-0.4, -0.2) is 69.4 Å². The largest absolute Gasteiger partial charge is 0.487 e. The minimum Gasteiger partial charge on any atom is -0.487 e. The molecule has 0 bridgehead atoms. The van der Waals surface area contributed by atoms with Crippen LogP contribution in [0.3, 0.4) is 0 Å². The number of ether oxygens (including phenoxy) is 2. The minimum absolute atomic E-state index is 0.0466. The zero-order valence-electron chi connectivity index (χ0n) is 20.2. The number of hydrogen-bond acceptors (Lipinski definition) is 7. The highest BCUT2D eigenvalue weighted by Gasteiger charge is 2.36. The molecule has 0 spiro atoms. The van der Waals surface area contributed by atoms with Gasteiger partial charge in [-0.15, -0.1) is 0 Å². The summed E-state index contributed by atoms with van der Waals surface area (Å²) in [6.07, 6.45) is 4.03. The third kappa shape index (κ3) is 6.49. The van der Waals surface area contributed by atoms with Crippen molar-refractivity contribution in [2.75, 3.05) is 39.7 Å². The Morgan fingerprint density at radius 2 is 1.89 bits per heavy atom. The lowest BCUT2D eigenvalue weighted by atomic mass is 10.0. The molecule has 1 aliphatic rings. The maximum Gasteiger partial charge on any atom is 0.274 e. The van der Waals surface area contributed by atoms with Gasteiger partial charge in [-0.1, -0.05) is 43.7 Å². The summed E-state index contributed by atoms with van der Waals surface area (Å²) in [6.45, 7) is 3.07. The number of methoxy groups -OCH3 is 1. The van der Waals surface area contributed by atoms with Crippen LogP contribution in [-0.2, 0) is 21.2 Å². The number of pyridine rings is 1. The SMILES string of the molecule is CCCCOc1c2n(cc(C(=O)NS(C)(=O)=O)c1=O)[C@@H](Cc1ccccc1)CN(CCOC)C2=O. The van der Waals surface area contributed by atoms with Gasteiger partial charge >= 0.3 is 0 Å². The van der Waals surface area contributed by atoms with Gasteiger partial charge in [-0.2, -0.15) is 0 Å². The lowest BCUT2D eigenvalue weighted by Gasteiger charge is -2.37. The van der Waals surface area contributed by atoms with Crippen molar-refractivity contribution in [1.82, 2.24) is 14.2 Å². The summed E-state index contributed by atoms with van der Waals surface area (Å²) in [5.74, 6) is -1.73. The second-order valence-corrected chi connectivity index (χ2v) is 10.2. The lowest BCUT2D eigenvalue weighted by Crippen LogP contribution is -2.47. The summed E-state index contributed by atoms with van der Waals surface area (Å²) in [5, 5.41) is 0. The summed E-state index contributed by atoms with van der Waals surface area (Å²) >= 11 is 0. The standard InChI is InChI=1S/C24H31N3O7S/c1-4-5-12-34-22-20-24(30)26(11-13-33-2)15-18(14-17-9-7-6-8-10-17)27(20)16-19(21(22)28)23(29)25-35(3,31)32/h6-10,16,18H,4-5,11-15H2,1-3H3,(H,25,29)/t18-/m0/s1. The molecule has 3 rings (SSSR count). The third-order valence-electron chi connectivity index (χ3n) is 5.65. The Balaban J connectivity index is 2.18. The number of sulfonamides is 1. The van der Waals surface area contributed by atoms with E-state index in [1.807, 2.05) is 42.0 Å². The smallest absolute Gasteiger partial charge is 0.274 e. The molecule has 1 aromatic carbocycles. The van der Waals surface area contributed by atoms with E-state index in [2.05, 4.69) is 0 Å². The molecule has 35 heavy (non-hydrogen) atoms. The van der Waals surface area contributed by atoms with E-state index in [0.717, 1.165) is 18.2 Å². The lowest BCUT2D eigenvalue weighted by molar-refractivity contribution is 0.0588. The molecule has 0 radical (unpaired) electrons. The maximum atomic E-state index is 13.5. The Kier molecular flexibility index (Phi) is 8.68. The van der Waals surface area contributed by atoms with Gasteiger partial charge < -0.3 is 18.9 Å². The monoisotopic (exact) mass is 505 g/mol. The predicted molar refractivity (Wildman–Crippen MR) is 130 cm³/mol. The zero-order valence-corrected chi connectivity index (χ0v) is 21.0. The van der Waals surface area contributed by atoms with Crippen LogP contribution in [0.1, 0.15) is 52.2 Å². The normalized spacial score (nSPS) is 15.6. The van der Waals surface area contributed by atoms with Crippen LogP contribution in [0, 0.1) is 0 Å². The Morgan fingerprint density at radius 1 is 1.17 bits per heavy atom. The van der Waals surface area contributed by atoms with Gasteiger partial charge in [0.15, 0.2) is 11.4 Å². The van der Waals surface area contributed by atoms with E-state index in [9.17, 15) is 22.8 Å². The van der Waals surface area contributed by atoms with Crippen molar-refractivity contribution in [2.24, 2.45) is 0 Å². The van der Waals surface area contributed by atoms with Crippen molar-refractivity contribution in [3.63, 3.8) is 0 Å². The number of aromatic nitrogens is 1. The molecule has 11 heteroatoms. The Bertz CT molecular complexity index is 1230. The summed E-state index contributed by atoms with van der Waals surface area (Å²) < 4.78 is 37.7. The molecule has 10 nitrogen and oxygen atoms in total. The van der Waals surface area contributed by atoms with Crippen molar-refractivity contribution in [2.45, 2.75) is 32.2 Å². The van der Waals surface area contributed by atoms with Crippen molar-refractivity contribution in [1.29, 1.82) is 0 Å². The van der Waals surface area contributed by atoms with Gasteiger partial charge in [-0.25, -0.2) is 13.1 Å². The number of rotatable bonds is 11. The zero-order chi connectivity index (χ0) is 25.6. The quantitative estimate of drug-likeness (QED) is 0.460. The van der Waals surface area contributed by atoms with Crippen molar-refractivity contribution in [3.8, 4) is 5.75 Å². The number of hydrogen-bond donors (Lipinski definition) is 1. The van der Waals surface area contributed by atoms with Gasteiger partial charge in [0, 0.05) is 26.4 Å². The van der Waals surface area contributed by atoms with Gasteiger partial charge in [0.05, 0.1) is 25.5 Å². The average Bonchev–Trinajstić information content (AvgIpc) is 2.80. The van der Waals surface area contributed by atoms with Crippen LogP contribution in [0.25, 0.3) is 0 Å². The van der Waals surface area contributed by atoms with Crippen molar-refractivity contribution >= 4 is 21.8 Å². The van der Waals surface area contributed by atoms with E-state index in [1.165, 1.54) is 6.20 Å². The van der Waals surface area contributed by atoms with E-state index in [4.69, 9.17) is 9.47 Å². The number of benzene rings is 1. The van der Waals surface area contributed by atoms with E-state index < -0.39 is 32.8 Å². The number of unbranched alkanes of at least 4 members (excludes halogenated alkanes) is 1. The highest BCUT2D eigenvalue weighted by atomic mass is 32.2. The van der Waals surface area contributed by atoms with Crippen LogP contribution in [0.4, 0.5) is 0 Å². The molecule has 2 heterocycles. The van der Waals surface area contributed by atoms with Crippen LogP contribution in [0.15, 0.2) is 41.3 Å². The fraction of sp³-hybridized carbons (Fsp3) is 0.458. The van der Waals surface area contributed by atoms with Crippen molar-refractivity contribution in [3.05, 3.63) is 63.6 Å². The van der Waals surface area contributed by atoms with Gasteiger partial charge in [0.2, 0.25) is 15.5 Å². The fourth-order valence-electron chi connectivity index (χ4n) is 3.96. The summed E-state index contributed by atoms with van der Waals surface area (Å²) in [7, 11) is -2.37. The van der Waals surface area contributed by atoms with E-state index >= 15 is 0 Å². The minimum atomic E-state index is -3.91. The molecular weight excluding hydrogens is 474 g/mol. The van der Waals surface area contributed by atoms with E-state index in [1.54, 1.807) is 16.6 Å². The Hall–Kier alpha value is -3.18. The summed E-state index contributed by atoms with van der Waals surface area (Å²) in [4.78, 5) is 41.1. The molecule has 1 aromatic heterocycles. The van der Waals surface area contributed by atoms with Gasteiger partial charge in [0.1, 0.15) is 5.56 Å². The summed E-state index contributed by atoms with van der Waals surface area (Å²) in [6, 6.07) is 9.28. The first-order chi connectivity index (χ1) is 16.7. The first-order valence-corrected chi connectivity index (χ1v) is 13.3. The molecule has 1 aliphatic heterocycles. The number of carbonyl (C=O) groups is 2. The summed E-state index contributed by atoms with van der Waals surface area (Å²) in [5.41, 5.74) is -0.181. The van der Waals surface area contributed by atoms with Crippen LogP contribution in [0.2, 0.25) is 0 Å². The fourth-order valence-corrected chi connectivity index (χ4v) is 4.41. The van der Waals surface area contributed by atoms with Gasteiger partial charge in [-0.3, -0.25) is 14.4 Å². The highest BCUT2D eigenvalue weighted by Crippen LogP contribution is 2.29. The number of nitrogens with one attached hydrogen (secondary N) is 1. The second-order valence-electron chi connectivity index (χ2n) is 8.45. The molecule has 190 valence electrons. The molecule has 0 fully saturated rings. The van der Waals surface area contributed by atoms with E-state index in [0.29, 0.717) is 32.5 Å². The number of fused-ring (bicyclic) bond motifs is 1. The Morgan fingerprint density at radius 3 is 2.51 bits per heavy atom. The Labute approximate surface area is 204 Å². The maximum absolute atomic E-state index is 13.5. The first-order valence-electron chi connectivity index (χ1n) is 11.4. The van der Waals surface area contributed by atoms with Crippen LogP contribution in [0.5, 0.6) is 5.75 Å². The molecule has 1 atom stereocenters. The second kappa shape index (κ2) is 11.5. The average molecular weight is 506 g/mol. The topological polar surface area (TPSA) is 124 Å². The van der Waals surface area contributed by atoms with E-state index in [-0.39, 0.29) is 24.1 Å². The molecule has 2 aromatic rings. The third-order valence-corrected chi connectivity index (χ3v) is 6.21. The number of amides is 2. The van der Waals surface area contributed by atoms with Crippen molar-refractivity contribution < 1.29 is 27.5 Å². The molecule has 0 saturated heterocycles. The molecule has 0 aliphatic carbocycles. The number of carbonyl (C=O) groups excluding carboxylic acids is 2. The highest BCUT2D eigenvalue weighted by molar-refractivity contribution is 7.89. The predicted octanol–water partition coefficient (Wildman–Crippen LogP) is 1.60. The number of nitrogens with zero attached hydrogens (tertiary/aromatic N) is 2. The molecular formula is C24H31N3O7S. The molecule has 0 unspecified atom stereocenters. The molecule has 1 N–H and O–H groups in total.